The van der Waals surface area contributed by atoms with Gasteiger partial charge in [-0.15, -0.1) is 0 Å². The van der Waals surface area contributed by atoms with Crippen molar-refractivity contribution in [3.63, 3.8) is 0 Å². The zero-order valence-electron chi connectivity index (χ0n) is 14.5. The number of ether oxygens (including phenoxy) is 2. The molecule has 0 atom stereocenters. The minimum Gasteiger partial charge on any atom is -0.381 e. The molecule has 0 N–H and O–H groups in total. The van der Waals surface area contributed by atoms with Gasteiger partial charge in [-0.25, -0.2) is 0 Å². The summed E-state index contributed by atoms with van der Waals surface area (Å²) in [6.07, 6.45) is 8.24. The van der Waals surface area contributed by atoms with Crippen molar-refractivity contribution in [3.8, 4) is 0 Å². The van der Waals surface area contributed by atoms with Crippen molar-refractivity contribution < 1.29 is 9.47 Å². The largest absolute Gasteiger partial charge is 0.381 e. The first-order valence-electron chi connectivity index (χ1n) is 8.66. The molecule has 1 saturated heterocycles. The van der Waals surface area contributed by atoms with Crippen LogP contribution in [0.1, 0.15) is 66.2 Å². The van der Waals surface area contributed by atoms with Gasteiger partial charge in [0.2, 0.25) is 0 Å². The van der Waals surface area contributed by atoms with Gasteiger partial charge in [0, 0.05) is 26.2 Å². The van der Waals surface area contributed by atoms with Gasteiger partial charge < -0.3 is 9.47 Å². The smallest absolute Gasteiger partial charge is 0.0594 e. The maximum absolute atomic E-state index is 5.38. The van der Waals surface area contributed by atoms with Gasteiger partial charge in [0.25, 0.3) is 0 Å². The van der Waals surface area contributed by atoms with Crippen LogP contribution in [-0.4, -0.2) is 50.5 Å². The van der Waals surface area contributed by atoms with E-state index in [1.165, 1.54) is 38.5 Å². The van der Waals surface area contributed by atoms with E-state index in [0.717, 1.165) is 32.3 Å². The summed E-state index contributed by atoms with van der Waals surface area (Å²) in [5.41, 5.74) is 0. The summed E-state index contributed by atoms with van der Waals surface area (Å²) in [6, 6.07) is 0.797. The van der Waals surface area contributed by atoms with E-state index in [2.05, 4.69) is 18.7 Å². The Morgan fingerprint density at radius 3 is 1.85 bits per heavy atom. The van der Waals surface area contributed by atoms with Crippen molar-refractivity contribution in [2.45, 2.75) is 78.4 Å². The summed E-state index contributed by atoms with van der Waals surface area (Å²) in [5, 5.41) is 0. The predicted molar refractivity (Wildman–Crippen MR) is 87.4 cm³/mol. The molecule has 20 heavy (non-hydrogen) atoms. The maximum Gasteiger partial charge on any atom is 0.0594 e. The van der Waals surface area contributed by atoms with E-state index in [1.807, 2.05) is 21.0 Å². The van der Waals surface area contributed by atoms with E-state index in [-0.39, 0.29) is 0 Å². The Bertz CT molecular complexity index is 183. The summed E-state index contributed by atoms with van der Waals surface area (Å²) in [6.45, 7) is 12.5. The molecule has 3 nitrogen and oxygen atoms in total. The third-order valence-corrected chi connectivity index (χ3v) is 4.04. The van der Waals surface area contributed by atoms with Crippen LogP contribution in [0.2, 0.25) is 0 Å². The van der Waals surface area contributed by atoms with E-state index in [0.29, 0.717) is 6.10 Å². The maximum atomic E-state index is 5.38. The van der Waals surface area contributed by atoms with Crippen LogP contribution >= 0.6 is 0 Å². The molecule has 2 fully saturated rings. The lowest BCUT2D eigenvalue weighted by atomic mass is 9.91. The zero-order valence-corrected chi connectivity index (χ0v) is 14.5. The number of methoxy groups -OCH3 is 1. The van der Waals surface area contributed by atoms with E-state index in [4.69, 9.17) is 9.47 Å². The fourth-order valence-electron chi connectivity index (χ4n) is 2.59. The van der Waals surface area contributed by atoms with Gasteiger partial charge in [-0.2, -0.15) is 0 Å². The zero-order chi connectivity index (χ0) is 15.2. The Morgan fingerprint density at radius 2 is 1.45 bits per heavy atom. The summed E-state index contributed by atoms with van der Waals surface area (Å²) in [5.74, 6) is 0. The highest BCUT2D eigenvalue weighted by Gasteiger charge is 2.26. The first-order chi connectivity index (χ1) is 9.81. The van der Waals surface area contributed by atoms with Crippen molar-refractivity contribution in [2.24, 2.45) is 0 Å². The Balaban J connectivity index is 0.000000521. The van der Waals surface area contributed by atoms with Crippen molar-refractivity contribution in [3.05, 3.63) is 0 Å². The third-order valence-electron chi connectivity index (χ3n) is 4.04. The van der Waals surface area contributed by atoms with E-state index < -0.39 is 0 Å². The van der Waals surface area contributed by atoms with Crippen LogP contribution in [0, 0.1) is 0 Å². The van der Waals surface area contributed by atoms with Crippen LogP contribution in [0.25, 0.3) is 0 Å². The molecule has 0 aromatic heterocycles. The van der Waals surface area contributed by atoms with E-state index in [1.54, 1.807) is 0 Å². The molecule has 1 aliphatic heterocycles. The molecule has 0 aromatic rings. The van der Waals surface area contributed by atoms with Crippen molar-refractivity contribution in [2.75, 3.05) is 33.4 Å². The number of morpholine rings is 1. The molecule has 122 valence electrons. The van der Waals surface area contributed by atoms with Gasteiger partial charge in [0.1, 0.15) is 0 Å². The van der Waals surface area contributed by atoms with Gasteiger partial charge in [-0.05, 0) is 25.7 Å². The molecule has 1 heterocycles. The van der Waals surface area contributed by atoms with Gasteiger partial charge >= 0.3 is 0 Å². The Hall–Kier alpha value is -0.120. The Labute approximate surface area is 127 Å². The Morgan fingerprint density at radius 1 is 0.950 bits per heavy atom. The highest BCUT2D eigenvalue weighted by Crippen LogP contribution is 2.25. The standard InChI is InChI=1S/C11H21NO2.C4H10.C2H6/c1-13-11-4-2-10(3-5-11)12-6-8-14-9-7-12;1-3-4-2;1-2/h10-11H,2-9H2,1H3;3-4H2,1-2H3;1-2H3. The quantitative estimate of drug-likeness (QED) is 0.780. The van der Waals surface area contributed by atoms with Crippen LogP contribution < -0.4 is 0 Å². The van der Waals surface area contributed by atoms with Crippen molar-refractivity contribution in [1.29, 1.82) is 0 Å². The molecule has 0 spiro atoms. The molecule has 0 amide bonds. The highest BCUT2D eigenvalue weighted by molar-refractivity contribution is 4.80. The molecule has 1 aliphatic carbocycles. The van der Waals surface area contributed by atoms with Crippen LogP contribution in [0.15, 0.2) is 0 Å². The minimum absolute atomic E-state index is 0.521. The minimum atomic E-state index is 0.521. The molecule has 1 saturated carbocycles. The predicted octanol–water partition coefficient (Wildman–Crippen LogP) is 4.11. The van der Waals surface area contributed by atoms with Gasteiger partial charge in [-0.1, -0.05) is 40.5 Å². The molecule has 0 aromatic carbocycles. The number of unbranched alkanes of at least 4 members (excludes halogenated alkanes) is 1. The summed E-state index contributed by atoms with van der Waals surface area (Å²) >= 11 is 0. The molecule has 0 bridgehead atoms. The molecule has 3 heteroatoms. The number of hydrogen-bond donors (Lipinski definition) is 0. The lowest BCUT2D eigenvalue weighted by Crippen LogP contribution is -2.45. The van der Waals surface area contributed by atoms with Crippen molar-refractivity contribution >= 4 is 0 Å². The first-order valence-corrected chi connectivity index (χ1v) is 8.66. The average molecular weight is 287 g/mol. The lowest BCUT2D eigenvalue weighted by Gasteiger charge is -2.38. The van der Waals surface area contributed by atoms with Crippen LogP contribution in [0.3, 0.4) is 0 Å². The molecule has 0 radical (unpaired) electrons. The second-order valence-corrected chi connectivity index (χ2v) is 5.31. The van der Waals surface area contributed by atoms with E-state index >= 15 is 0 Å². The fraction of sp³-hybridized carbons (Fsp3) is 1.00. The van der Waals surface area contributed by atoms with Crippen LogP contribution in [0.4, 0.5) is 0 Å². The first kappa shape index (κ1) is 19.9. The SMILES string of the molecule is CC.CCCC.COC1CCC(N2CCOCC2)CC1. The second-order valence-electron chi connectivity index (χ2n) is 5.31. The number of rotatable bonds is 3. The molecular formula is C17H37NO2. The van der Waals surface area contributed by atoms with Crippen LogP contribution in [-0.2, 0) is 9.47 Å². The fourth-order valence-corrected chi connectivity index (χ4v) is 2.59. The topological polar surface area (TPSA) is 21.7 Å². The second kappa shape index (κ2) is 13.8. The summed E-state index contributed by atoms with van der Waals surface area (Å²) in [4.78, 5) is 2.59. The van der Waals surface area contributed by atoms with Gasteiger partial charge in [0.15, 0.2) is 0 Å². The highest BCUT2D eigenvalue weighted by atomic mass is 16.5. The lowest BCUT2D eigenvalue weighted by molar-refractivity contribution is -0.0110. The number of hydrogen-bond acceptors (Lipinski definition) is 3. The summed E-state index contributed by atoms with van der Waals surface area (Å²) in [7, 11) is 1.83. The van der Waals surface area contributed by atoms with E-state index in [9.17, 15) is 0 Å². The normalized spacial score (nSPS) is 26.9. The molecule has 2 aliphatic rings. The summed E-state index contributed by atoms with van der Waals surface area (Å²) < 4.78 is 10.8. The van der Waals surface area contributed by atoms with Gasteiger partial charge in [-0.3, -0.25) is 4.90 Å². The molecular weight excluding hydrogens is 250 g/mol. The molecule has 0 unspecified atom stereocenters. The average Bonchev–Trinajstić information content (AvgIpc) is 2.58. The Kier molecular flexibility index (Phi) is 13.8. The van der Waals surface area contributed by atoms with Crippen molar-refractivity contribution in [1.82, 2.24) is 4.90 Å². The van der Waals surface area contributed by atoms with Crippen LogP contribution in [0.5, 0.6) is 0 Å². The molecule has 2 rings (SSSR count). The van der Waals surface area contributed by atoms with Gasteiger partial charge in [0.05, 0.1) is 19.3 Å². The monoisotopic (exact) mass is 287 g/mol. The third kappa shape index (κ3) is 8.23. The number of nitrogens with zero attached hydrogens (tertiary/aromatic N) is 1.